The fourth-order valence-corrected chi connectivity index (χ4v) is 1.44. The summed E-state index contributed by atoms with van der Waals surface area (Å²) in [7, 11) is 0. The maximum Gasteiger partial charge on any atom is 0.280 e. The van der Waals surface area contributed by atoms with Gasteiger partial charge >= 0.3 is 0 Å². The first-order valence-corrected chi connectivity index (χ1v) is 5.11. The van der Waals surface area contributed by atoms with E-state index in [1.54, 1.807) is 0 Å². The topological polar surface area (TPSA) is 37.3 Å². The monoisotopic (exact) mass is 246 g/mol. The Morgan fingerprint density at radius 2 is 2.06 bits per heavy atom. The van der Waals surface area contributed by atoms with Crippen LogP contribution in [0.15, 0.2) is 18.2 Å². The van der Waals surface area contributed by atoms with E-state index in [9.17, 15) is 18.0 Å². The third-order valence-corrected chi connectivity index (χ3v) is 2.63. The average molecular weight is 246 g/mol. The summed E-state index contributed by atoms with van der Waals surface area (Å²) < 4.78 is 41.2. The molecule has 0 aromatic heterocycles. The molecule has 0 amide bonds. The van der Waals surface area contributed by atoms with E-state index in [4.69, 9.17) is 5.11 Å². The van der Waals surface area contributed by atoms with E-state index in [1.807, 2.05) is 0 Å². The van der Waals surface area contributed by atoms with E-state index in [-0.39, 0.29) is 5.56 Å². The molecule has 0 aliphatic heterocycles. The molecule has 0 heterocycles. The third-order valence-electron chi connectivity index (χ3n) is 2.63. The number of rotatable bonds is 4. The minimum atomic E-state index is -3.51. The van der Waals surface area contributed by atoms with Crippen molar-refractivity contribution in [2.45, 2.75) is 19.8 Å². The van der Waals surface area contributed by atoms with Crippen molar-refractivity contribution in [2.24, 2.45) is 5.92 Å². The van der Waals surface area contributed by atoms with Gasteiger partial charge < -0.3 is 5.11 Å². The van der Waals surface area contributed by atoms with Crippen LogP contribution in [-0.2, 0) is 5.92 Å². The molecule has 0 spiro atoms. The van der Waals surface area contributed by atoms with Gasteiger partial charge in [-0.3, -0.25) is 4.79 Å². The van der Waals surface area contributed by atoms with Gasteiger partial charge in [-0.25, -0.2) is 13.2 Å². The number of aliphatic hydroxyl groups excluding tert-OH is 1. The molecule has 1 rings (SSSR count). The predicted octanol–water partition coefficient (Wildman–Crippen LogP) is 2.75. The minimum Gasteiger partial charge on any atom is -0.396 e. The lowest BCUT2D eigenvalue weighted by atomic mass is 9.94. The standard InChI is InChI=1S/C12H13F3O2/c1-7(6-16)12(14,15)10-5-3-4-9(8(2)17)11(10)13/h3-5,7,16H,6H2,1-2H3/t7-/m1/s1. The third kappa shape index (κ3) is 2.49. The molecular weight excluding hydrogens is 233 g/mol. The fourth-order valence-electron chi connectivity index (χ4n) is 1.44. The van der Waals surface area contributed by atoms with Crippen molar-refractivity contribution in [3.05, 3.63) is 35.1 Å². The summed E-state index contributed by atoms with van der Waals surface area (Å²) in [6.07, 6.45) is 0. The zero-order valence-electron chi connectivity index (χ0n) is 9.51. The molecule has 1 N–H and O–H groups in total. The van der Waals surface area contributed by atoms with E-state index in [0.717, 1.165) is 26.0 Å². The largest absolute Gasteiger partial charge is 0.396 e. The van der Waals surface area contributed by atoms with Crippen molar-refractivity contribution in [3.63, 3.8) is 0 Å². The number of carbonyl (C=O) groups is 1. The smallest absolute Gasteiger partial charge is 0.280 e. The van der Waals surface area contributed by atoms with Crippen molar-refractivity contribution < 1.29 is 23.1 Å². The van der Waals surface area contributed by atoms with E-state index in [2.05, 4.69) is 0 Å². The summed E-state index contributed by atoms with van der Waals surface area (Å²) in [5.74, 6) is -6.76. The van der Waals surface area contributed by atoms with Gasteiger partial charge in [-0.05, 0) is 13.0 Å². The number of Topliss-reactive ketones (excluding diaryl/α,β-unsaturated/α-hetero) is 1. The number of aliphatic hydroxyl groups is 1. The number of ketones is 1. The van der Waals surface area contributed by atoms with E-state index in [1.165, 1.54) is 6.07 Å². The molecule has 17 heavy (non-hydrogen) atoms. The van der Waals surface area contributed by atoms with Gasteiger partial charge in [0.05, 0.1) is 17.7 Å². The Morgan fingerprint density at radius 3 is 2.53 bits per heavy atom. The van der Waals surface area contributed by atoms with E-state index in [0.29, 0.717) is 0 Å². The Hall–Kier alpha value is -1.36. The van der Waals surface area contributed by atoms with Gasteiger partial charge in [-0.15, -0.1) is 0 Å². The van der Waals surface area contributed by atoms with Crippen molar-refractivity contribution in [2.75, 3.05) is 6.61 Å². The minimum absolute atomic E-state index is 0.368. The molecule has 5 heteroatoms. The second kappa shape index (κ2) is 4.87. The molecule has 0 radical (unpaired) electrons. The van der Waals surface area contributed by atoms with E-state index < -0.39 is 35.6 Å². The van der Waals surface area contributed by atoms with Gasteiger partial charge in [0.15, 0.2) is 5.78 Å². The van der Waals surface area contributed by atoms with Crippen LogP contribution in [0.3, 0.4) is 0 Å². The number of carbonyl (C=O) groups excluding carboxylic acids is 1. The van der Waals surface area contributed by atoms with Crippen molar-refractivity contribution in [1.29, 1.82) is 0 Å². The number of hydrogen-bond donors (Lipinski definition) is 1. The molecule has 0 unspecified atom stereocenters. The first-order chi connectivity index (χ1) is 7.82. The molecule has 94 valence electrons. The highest BCUT2D eigenvalue weighted by Crippen LogP contribution is 2.37. The summed E-state index contributed by atoms with van der Waals surface area (Å²) in [6.45, 7) is 1.45. The van der Waals surface area contributed by atoms with Crippen LogP contribution in [0, 0.1) is 11.7 Å². The second-order valence-corrected chi connectivity index (χ2v) is 3.93. The lowest BCUT2D eigenvalue weighted by Crippen LogP contribution is -2.28. The van der Waals surface area contributed by atoms with E-state index >= 15 is 0 Å². The Labute approximate surface area is 97.1 Å². The summed E-state index contributed by atoms with van der Waals surface area (Å²) in [4.78, 5) is 11.1. The number of benzene rings is 1. The first-order valence-electron chi connectivity index (χ1n) is 5.11. The Balaban J connectivity index is 3.32. The lowest BCUT2D eigenvalue weighted by molar-refractivity contribution is -0.0778. The van der Waals surface area contributed by atoms with Gasteiger partial charge in [0.2, 0.25) is 0 Å². The van der Waals surface area contributed by atoms with Gasteiger partial charge in [0.1, 0.15) is 5.82 Å². The van der Waals surface area contributed by atoms with Gasteiger partial charge in [0, 0.05) is 5.92 Å². The lowest BCUT2D eigenvalue weighted by Gasteiger charge is -2.23. The number of hydrogen-bond acceptors (Lipinski definition) is 2. The Bertz CT molecular complexity index is 430. The summed E-state index contributed by atoms with van der Waals surface area (Å²) in [5.41, 5.74) is -1.22. The zero-order valence-corrected chi connectivity index (χ0v) is 9.51. The maximum absolute atomic E-state index is 13.7. The normalized spacial score (nSPS) is 13.5. The molecule has 0 aliphatic carbocycles. The molecule has 1 atom stereocenters. The second-order valence-electron chi connectivity index (χ2n) is 3.93. The molecule has 0 fully saturated rings. The van der Waals surface area contributed by atoms with Crippen LogP contribution in [0.25, 0.3) is 0 Å². The number of halogens is 3. The molecule has 0 aliphatic rings. The fraction of sp³-hybridized carbons (Fsp3) is 0.417. The summed E-state index contributed by atoms with van der Waals surface area (Å²) in [5, 5.41) is 8.73. The van der Waals surface area contributed by atoms with Crippen LogP contribution >= 0.6 is 0 Å². The van der Waals surface area contributed by atoms with Crippen LogP contribution < -0.4 is 0 Å². The summed E-state index contributed by atoms with van der Waals surface area (Å²) >= 11 is 0. The van der Waals surface area contributed by atoms with Crippen molar-refractivity contribution >= 4 is 5.78 Å². The maximum atomic E-state index is 13.7. The van der Waals surface area contributed by atoms with Crippen molar-refractivity contribution in [3.8, 4) is 0 Å². The van der Waals surface area contributed by atoms with Crippen LogP contribution in [0.5, 0.6) is 0 Å². The quantitative estimate of drug-likeness (QED) is 0.829. The van der Waals surface area contributed by atoms with Crippen LogP contribution in [0.4, 0.5) is 13.2 Å². The van der Waals surface area contributed by atoms with Gasteiger partial charge in [0.25, 0.3) is 5.92 Å². The van der Waals surface area contributed by atoms with Crippen molar-refractivity contribution in [1.82, 2.24) is 0 Å². The first kappa shape index (κ1) is 13.7. The molecule has 1 aromatic rings. The Morgan fingerprint density at radius 1 is 1.47 bits per heavy atom. The predicted molar refractivity (Wildman–Crippen MR) is 56.5 cm³/mol. The van der Waals surface area contributed by atoms with Crippen LogP contribution in [0.2, 0.25) is 0 Å². The molecule has 1 aromatic carbocycles. The SMILES string of the molecule is CC(=O)c1cccc(C(F)(F)[C@H](C)CO)c1F. The molecule has 0 saturated heterocycles. The highest BCUT2D eigenvalue weighted by atomic mass is 19.3. The molecule has 2 nitrogen and oxygen atoms in total. The average Bonchev–Trinajstić information content (AvgIpc) is 2.27. The molecule has 0 saturated carbocycles. The Kier molecular flexibility index (Phi) is 3.93. The highest BCUT2D eigenvalue weighted by Gasteiger charge is 2.41. The van der Waals surface area contributed by atoms with Gasteiger partial charge in [-0.2, -0.15) is 0 Å². The molecular formula is C12H13F3O2. The summed E-state index contributed by atoms with van der Waals surface area (Å²) in [6, 6.07) is 3.28. The van der Waals surface area contributed by atoms with Gasteiger partial charge in [-0.1, -0.05) is 19.1 Å². The molecule has 0 bridgehead atoms. The number of alkyl halides is 2. The van der Waals surface area contributed by atoms with Crippen LogP contribution in [0.1, 0.15) is 29.8 Å². The highest BCUT2D eigenvalue weighted by molar-refractivity contribution is 5.94. The zero-order chi connectivity index (χ0) is 13.2. The van der Waals surface area contributed by atoms with Crippen LogP contribution in [-0.4, -0.2) is 17.5 Å².